The van der Waals surface area contributed by atoms with Crippen molar-refractivity contribution in [2.45, 2.75) is 32.2 Å². The van der Waals surface area contributed by atoms with Gasteiger partial charge in [-0.25, -0.2) is 4.98 Å². The normalized spacial score (nSPS) is 25.4. The lowest BCUT2D eigenvalue weighted by Crippen LogP contribution is -2.16. The Balaban J connectivity index is 2.02. The first-order valence-corrected chi connectivity index (χ1v) is 5.43. The van der Waals surface area contributed by atoms with Crippen LogP contribution < -0.4 is 16.8 Å². The molecule has 0 aliphatic heterocycles. The van der Waals surface area contributed by atoms with Crippen LogP contribution in [0.25, 0.3) is 0 Å². The lowest BCUT2D eigenvalue weighted by atomic mass is 10.1. The maximum atomic E-state index is 5.65. The Morgan fingerprint density at radius 1 is 1.33 bits per heavy atom. The van der Waals surface area contributed by atoms with Crippen molar-refractivity contribution in [2.75, 3.05) is 16.8 Å². The van der Waals surface area contributed by atoms with Gasteiger partial charge in [0.25, 0.3) is 0 Å². The summed E-state index contributed by atoms with van der Waals surface area (Å²) in [6.07, 6.45) is 3.72. The third-order valence-electron chi connectivity index (χ3n) is 3.00. The van der Waals surface area contributed by atoms with Gasteiger partial charge in [0.05, 0.1) is 5.69 Å². The SMILES string of the molecule is CC1CCC(Nc2ccc(N)c(N)n2)C1. The topological polar surface area (TPSA) is 77.0 Å². The summed E-state index contributed by atoms with van der Waals surface area (Å²) < 4.78 is 0. The molecule has 0 saturated heterocycles. The predicted molar refractivity (Wildman–Crippen MR) is 63.5 cm³/mol. The second-order valence-corrected chi connectivity index (χ2v) is 4.43. The van der Waals surface area contributed by atoms with Crippen LogP contribution in [0.3, 0.4) is 0 Å². The van der Waals surface area contributed by atoms with Gasteiger partial charge in [-0.1, -0.05) is 6.92 Å². The summed E-state index contributed by atoms with van der Waals surface area (Å²) in [6, 6.07) is 4.22. The van der Waals surface area contributed by atoms with Crippen molar-refractivity contribution < 1.29 is 0 Å². The second-order valence-electron chi connectivity index (χ2n) is 4.43. The van der Waals surface area contributed by atoms with E-state index in [0.29, 0.717) is 17.5 Å². The summed E-state index contributed by atoms with van der Waals surface area (Å²) in [5, 5.41) is 3.39. The zero-order chi connectivity index (χ0) is 10.8. The number of rotatable bonds is 2. The molecule has 1 saturated carbocycles. The molecule has 1 aromatic heterocycles. The Bertz CT molecular complexity index is 350. The highest BCUT2D eigenvalue weighted by Crippen LogP contribution is 2.27. The maximum absolute atomic E-state index is 5.65. The first-order valence-electron chi connectivity index (χ1n) is 5.43. The van der Waals surface area contributed by atoms with E-state index in [1.165, 1.54) is 19.3 Å². The molecule has 82 valence electrons. The third kappa shape index (κ3) is 2.32. The largest absolute Gasteiger partial charge is 0.396 e. The first-order chi connectivity index (χ1) is 7.15. The van der Waals surface area contributed by atoms with E-state index in [1.807, 2.05) is 6.07 Å². The van der Waals surface area contributed by atoms with Gasteiger partial charge in [0.15, 0.2) is 0 Å². The maximum Gasteiger partial charge on any atom is 0.149 e. The van der Waals surface area contributed by atoms with E-state index in [9.17, 15) is 0 Å². The summed E-state index contributed by atoms with van der Waals surface area (Å²) in [5.41, 5.74) is 11.8. The molecule has 0 bridgehead atoms. The number of nitrogen functional groups attached to an aromatic ring is 2. The number of anilines is 3. The molecule has 2 rings (SSSR count). The van der Waals surface area contributed by atoms with Crippen molar-refractivity contribution in [2.24, 2.45) is 5.92 Å². The summed E-state index contributed by atoms with van der Waals surface area (Å²) in [4.78, 5) is 4.20. The standard InChI is InChI=1S/C11H18N4/c1-7-2-3-8(6-7)14-10-5-4-9(12)11(13)15-10/h4-5,7-8H,2-3,6,12H2,1H3,(H3,13,14,15). The lowest BCUT2D eigenvalue weighted by molar-refractivity contribution is 0.602. The smallest absolute Gasteiger partial charge is 0.149 e. The number of nitrogens with one attached hydrogen (secondary N) is 1. The fourth-order valence-corrected chi connectivity index (χ4v) is 2.11. The van der Waals surface area contributed by atoms with Crippen LogP contribution in [0.15, 0.2) is 12.1 Å². The quantitative estimate of drug-likeness (QED) is 0.690. The molecule has 1 heterocycles. The van der Waals surface area contributed by atoms with Crippen molar-refractivity contribution in [3.63, 3.8) is 0 Å². The molecule has 15 heavy (non-hydrogen) atoms. The lowest BCUT2D eigenvalue weighted by Gasteiger charge is -2.13. The molecule has 4 heteroatoms. The van der Waals surface area contributed by atoms with E-state index in [2.05, 4.69) is 17.2 Å². The van der Waals surface area contributed by atoms with Crippen LogP contribution in [-0.2, 0) is 0 Å². The van der Waals surface area contributed by atoms with Gasteiger partial charge in [-0.05, 0) is 37.3 Å². The summed E-state index contributed by atoms with van der Waals surface area (Å²) >= 11 is 0. The highest BCUT2D eigenvalue weighted by molar-refractivity contribution is 5.61. The average molecular weight is 206 g/mol. The molecule has 1 aromatic rings. The molecule has 2 unspecified atom stereocenters. The highest BCUT2D eigenvalue weighted by atomic mass is 15.0. The Morgan fingerprint density at radius 2 is 2.13 bits per heavy atom. The number of nitrogens with two attached hydrogens (primary N) is 2. The minimum Gasteiger partial charge on any atom is -0.396 e. The molecule has 0 aromatic carbocycles. The second kappa shape index (κ2) is 3.96. The van der Waals surface area contributed by atoms with E-state index < -0.39 is 0 Å². The molecule has 0 spiro atoms. The van der Waals surface area contributed by atoms with Crippen LogP contribution in [0, 0.1) is 5.92 Å². The molecule has 0 radical (unpaired) electrons. The summed E-state index contributed by atoms with van der Waals surface area (Å²) in [7, 11) is 0. The zero-order valence-corrected chi connectivity index (χ0v) is 9.03. The van der Waals surface area contributed by atoms with Gasteiger partial charge in [-0.3, -0.25) is 0 Å². The molecule has 1 fully saturated rings. The minimum atomic E-state index is 0.408. The van der Waals surface area contributed by atoms with Gasteiger partial charge < -0.3 is 16.8 Å². The Labute approximate surface area is 90.1 Å². The van der Waals surface area contributed by atoms with Crippen molar-refractivity contribution in [1.29, 1.82) is 0 Å². The van der Waals surface area contributed by atoms with Crippen molar-refractivity contribution in [1.82, 2.24) is 4.98 Å². The Hall–Kier alpha value is -1.45. The van der Waals surface area contributed by atoms with Gasteiger partial charge in [-0.2, -0.15) is 0 Å². The number of nitrogens with zero attached hydrogens (tertiary/aromatic N) is 1. The fourth-order valence-electron chi connectivity index (χ4n) is 2.11. The monoisotopic (exact) mass is 206 g/mol. The summed E-state index contributed by atoms with van der Waals surface area (Å²) in [6.45, 7) is 2.28. The van der Waals surface area contributed by atoms with Gasteiger partial charge in [0.1, 0.15) is 11.6 Å². The number of aromatic nitrogens is 1. The van der Waals surface area contributed by atoms with Gasteiger partial charge in [0.2, 0.25) is 0 Å². The van der Waals surface area contributed by atoms with Crippen LogP contribution in [0.4, 0.5) is 17.3 Å². The highest BCUT2D eigenvalue weighted by Gasteiger charge is 2.21. The van der Waals surface area contributed by atoms with Gasteiger partial charge in [-0.15, -0.1) is 0 Å². The van der Waals surface area contributed by atoms with E-state index in [0.717, 1.165) is 11.7 Å². The fraction of sp³-hybridized carbons (Fsp3) is 0.545. The summed E-state index contributed by atoms with van der Waals surface area (Å²) in [5.74, 6) is 2.06. The zero-order valence-electron chi connectivity index (χ0n) is 9.03. The Morgan fingerprint density at radius 3 is 2.73 bits per heavy atom. The van der Waals surface area contributed by atoms with Crippen LogP contribution in [0.5, 0.6) is 0 Å². The molecule has 1 aliphatic rings. The minimum absolute atomic E-state index is 0.408. The van der Waals surface area contributed by atoms with Crippen molar-refractivity contribution in [3.05, 3.63) is 12.1 Å². The van der Waals surface area contributed by atoms with Crippen molar-refractivity contribution in [3.8, 4) is 0 Å². The van der Waals surface area contributed by atoms with E-state index in [-0.39, 0.29) is 0 Å². The predicted octanol–water partition coefficient (Wildman–Crippen LogP) is 1.85. The Kier molecular flexibility index (Phi) is 2.66. The number of hydrogen-bond donors (Lipinski definition) is 3. The molecule has 1 aliphatic carbocycles. The molecule has 0 amide bonds. The average Bonchev–Trinajstić information content (AvgIpc) is 2.58. The van der Waals surface area contributed by atoms with Gasteiger partial charge >= 0.3 is 0 Å². The third-order valence-corrected chi connectivity index (χ3v) is 3.00. The molecular weight excluding hydrogens is 188 g/mol. The van der Waals surface area contributed by atoms with Crippen LogP contribution in [0.1, 0.15) is 26.2 Å². The van der Waals surface area contributed by atoms with Crippen LogP contribution >= 0.6 is 0 Å². The number of pyridine rings is 1. The van der Waals surface area contributed by atoms with E-state index in [4.69, 9.17) is 11.5 Å². The van der Waals surface area contributed by atoms with E-state index in [1.54, 1.807) is 6.07 Å². The van der Waals surface area contributed by atoms with E-state index >= 15 is 0 Å². The van der Waals surface area contributed by atoms with Gasteiger partial charge in [0, 0.05) is 6.04 Å². The van der Waals surface area contributed by atoms with Crippen LogP contribution in [0.2, 0.25) is 0 Å². The molecule has 5 N–H and O–H groups in total. The number of hydrogen-bond acceptors (Lipinski definition) is 4. The van der Waals surface area contributed by atoms with Crippen LogP contribution in [-0.4, -0.2) is 11.0 Å². The molecule has 4 nitrogen and oxygen atoms in total. The molecular formula is C11H18N4. The molecule has 2 atom stereocenters. The first kappa shape index (κ1) is 10.1. The van der Waals surface area contributed by atoms with Crippen molar-refractivity contribution >= 4 is 17.3 Å².